The number of esters is 1. The summed E-state index contributed by atoms with van der Waals surface area (Å²) in [4.78, 5) is 35.7. The molecule has 0 radical (unpaired) electrons. The first kappa shape index (κ1) is 20.3. The Morgan fingerprint density at radius 2 is 1.83 bits per heavy atom. The molecule has 0 aromatic rings. The molecule has 2 atom stereocenters. The summed E-state index contributed by atoms with van der Waals surface area (Å²) in [5.41, 5.74) is 0. The van der Waals surface area contributed by atoms with Gasteiger partial charge in [0.15, 0.2) is 5.78 Å². The van der Waals surface area contributed by atoms with E-state index >= 15 is 0 Å². The van der Waals surface area contributed by atoms with Gasteiger partial charge in [0.2, 0.25) is 5.91 Å². The van der Waals surface area contributed by atoms with Gasteiger partial charge in [0.05, 0.1) is 6.21 Å². The zero-order chi connectivity index (χ0) is 17.9. The van der Waals surface area contributed by atoms with Gasteiger partial charge >= 0.3 is 5.97 Å². The minimum absolute atomic E-state index is 0.00950. The Labute approximate surface area is 143 Å². The van der Waals surface area contributed by atoms with E-state index in [-0.39, 0.29) is 18.9 Å². The first-order valence-electron chi connectivity index (χ1n) is 8.55. The number of methoxy groups -OCH3 is 1. The van der Waals surface area contributed by atoms with Crippen molar-refractivity contribution in [3.05, 3.63) is 0 Å². The first-order chi connectivity index (χ1) is 11.5. The van der Waals surface area contributed by atoms with Crippen molar-refractivity contribution >= 4 is 23.9 Å². The molecule has 7 heteroatoms. The number of ketones is 1. The highest BCUT2D eigenvalue weighted by atomic mass is 16.5. The van der Waals surface area contributed by atoms with E-state index in [4.69, 9.17) is 14.9 Å². The van der Waals surface area contributed by atoms with E-state index in [1.807, 2.05) is 0 Å². The molecule has 1 amide bonds. The van der Waals surface area contributed by atoms with Crippen LogP contribution in [0.1, 0.15) is 58.3 Å². The summed E-state index contributed by atoms with van der Waals surface area (Å²) in [6.45, 7) is 1.58. The van der Waals surface area contributed by atoms with Gasteiger partial charge < -0.3 is 20.2 Å². The predicted molar refractivity (Wildman–Crippen MR) is 89.0 cm³/mol. The maximum absolute atomic E-state index is 12.4. The van der Waals surface area contributed by atoms with Gasteiger partial charge in [-0.1, -0.05) is 12.8 Å². The van der Waals surface area contributed by atoms with Crippen LogP contribution in [0.3, 0.4) is 0 Å². The summed E-state index contributed by atoms with van der Waals surface area (Å²) in [6, 6.07) is -0.901. The summed E-state index contributed by atoms with van der Waals surface area (Å²) >= 11 is 0. The molecule has 0 heterocycles. The molecule has 1 rings (SSSR count). The minimum Gasteiger partial charge on any atom is -0.461 e. The van der Waals surface area contributed by atoms with Crippen molar-refractivity contribution in [2.45, 2.75) is 76.5 Å². The monoisotopic (exact) mass is 340 g/mol. The maximum Gasteiger partial charge on any atom is 0.328 e. The van der Waals surface area contributed by atoms with Crippen molar-refractivity contribution in [2.75, 3.05) is 7.11 Å². The van der Waals surface area contributed by atoms with Gasteiger partial charge in [-0.3, -0.25) is 9.59 Å². The molecule has 0 aromatic carbocycles. The topological polar surface area (TPSA) is 106 Å². The molecule has 1 saturated carbocycles. The molecule has 0 aromatic heterocycles. The number of Topliss-reactive ketones (excluding diaryl/α,β-unsaturated/α-hetero) is 1. The van der Waals surface area contributed by atoms with E-state index in [0.717, 1.165) is 38.5 Å². The molecule has 1 fully saturated rings. The van der Waals surface area contributed by atoms with Crippen LogP contribution in [-0.2, 0) is 23.9 Å². The van der Waals surface area contributed by atoms with E-state index in [1.54, 1.807) is 6.92 Å². The molecule has 136 valence electrons. The molecule has 7 nitrogen and oxygen atoms in total. The second kappa shape index (κ2) is 10.9. The number of hydrogen-bond acceptors (Lipinski definition) is 6. The molecular formula is C17H28N2O5. The second-order valence-electron chi connectivity index (χ2n) is 6.14. The van der Waals surface area contributed by atoms with Crippen LogP contribution in [0.25, 0.3) is 0 Å². The van der Waals surface area contributed by atoms with Gasteiger partial charge in [0.25, 0.3) is 0 Å². The lowest BCUT2D eigenvalue weighted by Gasteiger charge is -2.22. The molecular weight excluding hydrogens is 312 g/mol. The van der Waals surface area contributed by atoms with Crippen LogP contribution in [0.5, 0.6) is 0 Å². The summed E-state index contributed by atoms with van der Waals surface area (Å²) in [5, 5.41) is 9.52. The average Bonchev–Trinajstić information content (AvgIpc) is 2.85. The molecule has 0 saturated heterocycles. The summed E-state index contributed by atoms with van der Waals surface area (Å²) < 4.78 is 10.5. The maximum atomic E-state index is 12.4. The molecule has 0 bridgehead atoms. The highest BCUT2D eigenvalue weighted by molar-refractivity contribution is 6.26. The summed E-state index contributed by atoms with van der Waals surface area (Å²) in [7, 11) is 1.40. The standard InChI is InChI=1S/C17H28N2O5/c1-12(23-2)16(21)19-15(10-9-13(20)11-18)17(22)24-14-7-5-3-4-6-8-14/h11-12,14-15,18H,3-10H2,1-2H3,(H,19,21)/t12-,15+/m1/s1. The van der Waals surface area contributed by atoms with Gasteiger partial charge in [0, 0.05) is 13.5 Å². The molecule has 1 aliphatic rings. The molecule has 0 unspecified atom stereocenters. The number of rotatable bonds is 9. The van der Waals surface area contributed by atoms with Gasteiger partial charge in [0.1, 0.15) is 18.2 Å². The average molecular weight is 340 g/mol. The molecule has 0 spiro atoms. The SMILES string of the molecule is CO[C@H](C)C(=O)N[C@@H](CCC(=O)C=N)C(=O)OC1CCCCCC1. The quantitative estimate of drug-likeness (QED) is 0.378. The van der Waals surface area contributed by atoms with Crippen LogP contribution in [0.4, 0.5) is 0 Å². The van der Waals surface area contributed by atoms with Gasteiger partial charge in [-0.2, -0.15) is 0 Å². The van der Waals surface area contributed by atoms with Crippen molar-refractivity contribution in [2.24, 2.45) is 0 Å². The molecule has 1 aliphatic carbocycles. The van der Waals surface area contributed by atoms with Crippen LogP contribution >= 0.6 is 0 Å². The first-order valence-corrected chi connectivity index (χ1v) is 8.55. The smallest absolute Gasteiger partial charge is 0.328 e. The zero-order valence-electron chi connectivity index (χ0n) is 14.5. The Morgan fingerprint density at radius 3 is 2.38 bits per heavy atom. The summed E-state index contributed by atoms with van der Waals surface area (Å²) in [6.07, 6.45) is 6.03. The number of amides is 1. The molecule has 0 aliphatic heterocycles. The van der Waals surface area contributed by atoms with E-state index < -0.39 is 29.8 Å². The van der Waals surface area contributed by atoms with Crippen LogP contribution in [0, 0.1) is 5.41 Å². The summed E-state index contributed by atoms with van der Waals surface area (Å²) in [5.74, 6) is -1.34. The van der Waals surface area contributed by atoms with Crippen molar-refractivity contribution in [3.8, 4) is 0 Å². The van der Waals surface area contributed by atoms with E-state index in [2.05, 4.69) is 5.32 Å². The predicted octanol–water partition coefficient (Wildman–Crippen LogP) is 1.77. The van der Waals surface area contributed by atoms with Crippen molar-refractivity contribution in [1.82, 2.24) is 5.32 Å². The van der Waals surface area contributed by atoms with E-state index in [1.165, 1.54) is 7.11 Å². The highest BCUT2D eigenvalue weighted by Gasteiger charge is 2.27. The zero-order valence-corrected chi connectivity index (χ0v) is 14.5. The third-order valence-corrected chi connectivity index (χ3v) is 4.25. The third kappa shape index (κ3) is 7.21. The number of ether oxygens (including phenoxy) is 2. The Morgan fingerprint density at radius 1 is 1.21 bits per heavy atom. The fourth-order valence-corrected chi connectivity index (χ4v) is 2.61. The van der Waals surface area contributed by atoms with Gasteiger partial charge in [-0.05, 0) is 39.0 Å². The van der Waals surface area contributed by atoms with Crippen LogP contribution in [0.15, 0.2) is 0 Å². The second-order valence-corrected chi connectivity index (χ2v) is 6.14. The molecule has 24 heavy (non-hydrogen) atoms. The Balaban J connectivity index is 2.66. The Bertz CT molecular complexity index is 444. The van der Waals surface area contributed by atoms with E-state index in [9.17, 15) is 14.4 Å². The lowest BCUT2D eigenvalue weighted by molar-refractivity contribution is -0.154. The Kier molecular flexibility index (Phi) is 9.22. The lowest BCUT2D eigenvalue weighted by Crippen LogP contribution is -2.47. The fourth-order valence-electron chi connectivity index (χ4n) is 2.61. The lowest BCUT2D eigenvalue weighted by atomic mass is 10.1. The van der Waals surface area contributed by atoms with Crippen molar-refractivity contribution < 1.29 is 23.9 Å². The third-order valence-electron chi connectivity index (χ3n) is 4.25. The largest absolute Gasteiger partial charge is 0.461 e. The van der Waals surface area contributed by atoms with Crippen molar-refractivity contribution in [3.63, 3.8) is 0 Å². The number of hydrogen-bond donors (Lipinski definition) is 2. The fraction of sp³-hybridized carbons (Fsp3) is 0.765. The van der Waals surface area contributed by atoms with Crippen LogP contribution in [-0.4, -0.2) is 49.2 Å². The number of carbonyl (C=O) groups excluding carboxylic acids is 3. The normalized spacial score (nSPS) is 18.1. The molecule has 2 N–H and O–H groups in total. The van der Waals surface area contributed by atoms with Gasteiger partial charge in [-0.25, -0.2) is 4.79 Å². The highest BCUT2D eigenvalue weighted by Crippen LogP contribution is 2.20. The van der Waals surface area contributed by atoms with Gasteiger partial charge in [-0.15, -0.1) is 0 Å². The van der Waals surface area contributed by atoms with Crippen molar-refractivity contribution in [1.29, 1.82) is 5.41 Å². The number of carbonyl (C=O) groups is 3. The minimum atomic E-state index is -0.901. The van der Waals surface area contributed by atoms with Crippen LogP contribution in [0.2, 0.25) is 0 Å². The van der Waals surface area contributed by atoms with E-state index in [0.29, 0.717) is 6.21 Å². The number of nitrogens with one attached hydrogen (secondary N) is 2. The Hall–Kier alpha value is -1.76. The van der Waals surface area contributed by atoms with Crippen LogP contribution < -0.4 is 5.32 Å².